The highest BCUT2D eigenvalue weighted by atomic mass is 16.6. The molecule has 0 bridgehead atoms. The van der Waals surface area contributed by atoms with Crippen molar-refractivity contribution in [1.29, 1.82) is 0 Å². The molecule has 2 aliphatic carbocycles. The van der Waals surface area contributed by atoms with Crippen LogP contribution in [0.2, 0.25) is 0 Å². The number of carboxylic acids is 1. The first kappa shape index (κ1) is 22.6. The largest absolute Gasteiger partial charge is 0.480 e. The summed E-state index contributed by atoms with van der Waals surface area (Å²) in [6, 6.07) is 17.0. The van der Waals surface area contributed by atoms with Crippen LogP contribution in [-0.2, 0) is 20.9 Å². The molecule has 0 saturated heterocycles. The van der Waals surface area contributed by atoms with Gasteiger partial charge in [-0.15, -0.1) is 0 Å². The zero-order chi connectivity index (χ0) is 23.7. The normalized spacial score (nSPS) is 25.1. The monoisotopic (exact) mass is 462 g/mol. The van der Waals surface area contributed by atoms with Crippen molar-refractivity contribution < 1.29 is 24.2 Å². The molecule has 2 fully saturated rings. The molecule has 1 heterocycles. The first-order valence-electron chi connectivity index (χ1n) is 12.1. The Hall–Kier alpha value is -3.19. The number of benzene rings is 2. The summed E-state index contributed by atoms with van der Waals surface area (Å²) >= 11 is 0. The second-order valence-electron chi connectivity index (χ2n) is 9.67. The van der Waals surface area contributed by atoms with Crippen molar-refractivity contribution in [3.8, 4) is 0 Å². The number of anilines is 1. The van der Waals surface area contributed by atoms with E-state index in [4.69, 9.17) is 4.74 Å². The second-order valence-corrected chi connectivity index (χ2v) is 9.67. The zero-order valence-electron chi connectivity index (χ0n) is 19.1. The number of aldehydes is 1. The Morgan fingerprint density at radius 2 is 1.79 bits per heavy atom. The Morgan fingerprint density at radius 1 is 1.06 bits per heavy atom. The Bertz CT molecular complexity index is 1070. The number of carboxylic acid groups (broad SMARTS) is 1. The molecule has 4 atom stereocenters. The number of carbonyl (C=O) groups excluding carboxylic acids is 2. The quantitative estimate of drug-likeness (QED) is 0.569. The van der Waals surface area contributed by atoms with Gasteiger partial charge in [-0.05, 0) is 48.8 Å². The van der Waals surface area contributed by atoms with Crippen LogP contribution >= 0.6 is 0 Å². The lowest BCUT2D eigenvalue weighted by atomic mass is 9.65. The van der Waals surface area contributed by atoms with Crippen molar-refractivity contribution in [1.82, 2.24) is 5.32 Å². The van der Waals surface area contributed by atoms with Gasteiger partial charge >= 0.3 is 12.1 Å². The molecule has 4 unspecified atom stereocenters. The van der Waals surface area contributed by atoms with E-state index >= 15 is 0 Å². The topological polar surface area (TPSA) is 95.9 Å². The maximum Gasteiger partial charge on any atom is 0.414 e. The average Bonchev–Trinajstić information content (AvgIpc) is 3.54. The molecule has 5 rings (SSSR count). The van der Waals surface area contributed by atoms with E-state index in [1.165, 1.54) is 0 Å². The van der Waals surface area contributed by atoms with E-state index in [0.717, 1.165) is 49.5 Å². The fourth-order valence-corrected chi connectivity index (χ4v) is 5.99. The molecule has 3 aliphatic rings. The molecule has 7 heteroatoms. The molecular formula is C27H30N2O5. The molecule has 1 aliphatic heterocycles. The molecule has 178 valence electrons. The van der Waals surface area contributed by atoms with Crippen molar-refractivity contribution in [3.05, 3.63) is 65.7 Å². The van der Waals surface area contributed by atoms with Gasteiger partial charge in [-0.25, -0.2) is 4.79 Å². The summed E-state index contributed by atoms with van der Waals surface area (Å²) in [5, 5.41) is 13.8. The number of fused-ring (bicyclic) bond motifs is 2. The molecule has 2 saturated carbocycles. The number of nitrogens with one attached hydrogen (secondary N) is 1. The summed E-state index contributed by atoms with van der Waals surface area (Å²) in [6.07, 6.45) is 4.47. The van der Waals surface area contributed by atoms with Crippen molar-refractivity contribution in [2.75, 3.05) is 4.90 Å². The van der Waals surface area contributed by atoms with E-state index in [0.29, 0.717) is 5.69 Å². The number of aliphatic carboxylic acids is 1. The number of rotatable bonds is 8. The van der Waals surface area contributed by atoms with Gasteiger partial charge in [-0.3, -0.25) is 15.0 Å². The Morgan fingerprint density at radius 3 is 2.50 bits per heavy atom. The van der Waals surface area contributed by atoms with Gasteiger partial charge in [0.15, 0.2) is 0 Å². The van der Waals surface area contributed by atoms with Gasteiger partial charge in [-0.2, -0.15) is 0 Å². The lowest BCUT2D eigenvalue weighted by Crippen LogP contribution is -2.62. The first-order chi connectivity index (χ1) is 16.5. The maximum atomic E-state index is 13.4. The van der Waals surface area contributed by atoms with E-state index in [1.54, 1.807) is 4.90 Å². The number of nitrogens with zero attached hydrogens (tertiary/aromatic N) is 1. The molecule has 0 spiro atoms. The minimum absolute atomic E-state index is 0.0820. The smallest absolute Gasteiger partial charge is 0.414 e. The third-order valence-electron chi connectivity index (χ3n) is 7.58. The van der Waals surface area contributed by atoms with Crippen LogP contribution in [0.25, 0.3) is 0 Å². The summed E-state index contributed by atoms with van der Waals surface area (Å²) in [7, 11) is 0. The van der Waals surface area contributed by atoms with Gasteiger partial charge in [0.1, 0.15) is 18.4 Å². The molecule has 2 aromatic carbocycles. The molecule has 0 aromatic heterocycles. The fourth-order valence-electron chi connectivity index (χ4n) is 5.99. The average molecular weight is 463 g/mol. The van der Waals surface area contributed by atoms with Gasteiger partial charge in [-0.1, -0.05) is 55.0 Å². The Labute approximate surface area is 199 Å². The van der Waals surface area contributed by atoms with Crippen LogP contribution < -0.4 is 10.2 Å². The number of amides is 1. The summed E-state index contributed by atoms with van der Waals surface area (Å²) in [5.41, 5.74) is 0.987. The van der Waals surface area contributed by atoms with Crippen LogP contribution in [0.4, 0.5) is 10.5 Å². The fraction of sp³-hybridized carbons (Fsp3) is 0.444. The van der Waals surface area contributed by atoms with E-state index < -0.39 is 23.5 Å². The molecule has 34 heavy (non-hydrogen) atoms. The third kappa shape index (κ3) is 3.98. The number of para-hydroxylation sites is 1. The van der Waals surface area contributed by atoms with Crippen LogP contribution in [0.5, 0.6) is 0 Å². The summed E-state index contributed by atoms with van der Waals surface area (Å²) in [5.74, 6) is -1.50. The SMILES string of the molecule is O=CCC(NC1CC1)(C(=O)O)C1c2ccccc2N(C(=O)OCc2ccccc2)C2CCCC21. The van der Waals surface area contributed by atoms with Crippen molar-refractivity contribution in [3.63, 3.8) is 0 Å². The Kier molecular flexibility index (Phi) is 6.13. The zero-order valence-corrected chi connectivity index (χ0v) is 19.1. The second kappa shape index (κ2) is 9.22. The predicted octanol–water partition coefficient (Wildman–Crippen LogP) is 4.26. The summed E-state index contributed by atoms with van der Waals surface area (Å²) in [4.78, 5) is 39.7. The van der Waals surface area contributed by atoms with E-state index in [2.05, 4.69) is 5.32 Å². The lowest BCUT2D eigenvalue weighted by Gasteiger charge is -2.49. The highest BCUT2D eigenvalue weighted by Gasteiger charge is 2.58. The highest BCUT2D eigenvalue weighted by Crippen LogP contribution is 2.54. The number of carbonyl (C=O) groups is 3. The van der Waals surface area contributed by atoms with Crippen molar-refractivity contribution >= 4 is 24.0 Å². The number of hydrogen-bond donors (Lipinski definition) is 2. The maximum absolute atomic E-state index is 13.4. The molecule has 0 radical (unpaired) electrons. The van der Waals surface area contributed by atoms with Gasteiger partial charge in [0.2, 0.25) is 0 Å². The van der Waals surface area contributed by atoms with Crippen molar-refractivity contribution in [2.45, 2.75) is 68.7 Å². The van der Waals surface area contributed by atoms with Crippen LogP contribution in [0.15, 0.2) is 54.6 Å². The highest BCUT2D eigenvalue weighted by molar-refractivity contribution is 5.92. The Balaban J connectivity index is 1.54. The van der Waals surface area contributed by atoms with Crippen LogP contribution in [0, 0.1) is 5.92 Å². The molecule has 2 N–H and O–H groups in total. The number of ether oxygens (including phenoxy) is 1. The summed E-state index contributed by atoms with van der Waals surface area (Å²) in [6.45, 7) is 0.173. The van der Waals surface area contributed by atoms with Gasteiger partial charge in [0.25, 0.3) is 0 Å². The predicted molar refractivity (Wildman–Crippen MR) is 127 cm³/mol. The minimum Gasteiger partial charge on any atom is -0.480 e. The van der Waals surface area contributed by atoms with E-state index in [9.17, 15) is 19.5 Å². The van der Waals surface area contributed by atoms with Gasteiger partial charge < -0.3 is 14.6 Å². The molecular weight excluding hydrogens is 432 g/mol. The molecule has 2 aromatic rings. The standard InChI is InChI=1S/C27H30N2O5/c30-16-15-27(25(31)32,28-19-13-14-19)24-20-9-4-5-11-22(20)29(23-12-6-10-21(23)24)26(33)34-17-18-7-2-1-3-8-18/h1-5,7-9,11,16,19,21,23-24,28H,6,10,12-15,17H2,(H,31,32). The van der Waals surface area contributed by atoms with Gasteiger partial charge in [0.05, 0.1) is 5.69 Å². The van der Waals surface area contributed by atoms with Crippen LogP contribution in [0.3, 0.4) is 0 Å². The summed E-state index contributed by atoms with van der Waals surface area (Å²) < 4.78 is 5.72. The van der Waals surface area contributed by atoms with Crippen LogP contribution in [0.1, 0.15) is 55.6 Å². The minimum atomic E-state index is -1.40. The van der Waals surface area contributed by atoms with Gasteiger partial charge in [0, 0.05) is 24.4 Å². The number of hydrogen-bond acceptors (Lipinski definition) is 5. The van der Waals surface area contributed by atoms with E-state index in [1.807, 2.05) is 54.6 Å². The van der Waals surface area contributed by atoms with Crippen LogP contribution in [-0.4, -0.2) is 41.1 Å². The molecule has 1 amide bonds. The molecule has 7 nitrogen and oxygen atoms in total. The van der Waals surface area contributed by atoms with E-state index in [-0.39, 0.29) is 31.0 Å². The first-order valence-corrected chi connectivity index (χ1v) is 12.1. The van der Waals surface area contributed by atoms with Crippen molar-refractivity contribution in [2.24, 2.45) is 5.92 Å². The lowest BCUT2D eigenvalue weighted by molar-refractivity contribution is -0.148. The third-order valence-corrected chi connectivity index (χ3v) is 7.58.